The Morgan fingerprint density at radius 1 is 1.64 bits per heavy atom. The lowest BCUT2D eigenvalue weighted by atomic mass is 10.1. The highest BCUT2D eigenvalue weighted by Gasteiger charge is 2.19. The van der Waals surface area contributed by atoms with Gasteiger partial charge in [0, 0.05) is 18.3 Å². The molecule has 0 saturated carbocycles. The van der Waals surface area contributed by atoms with Crippen LogP contribution in [0.25, 0.3) is 0 Å². The highest BCUT2D eigenvalue weighted by molar-refractivity contribution is 14.1. The van der Waals surface area contributed by atoms with Crippen molar-refractivity contribution < 1.29 is 13.6 Å². The first-order valence-corrected chi connectivity index (χ1v) is 4.80. The molecule has 3 nitrogen and oxygen atoms in total. The number of aldehydes is 1. The number of carbonyl (C=O) groups excluding carboxylic acids is 1. The molecule has 0 fully saturated rings. The number of hydrogen-bond donors (Lipinski definition) is 1. The van der Waals surface area contributed by atoms with Gasteiger partial charge in [0.1, 0.15) is 3.70 Å². The Labute approximate surface area is 92.8 Å². The zero-order valence-corrected chi connectivity index (χ0v) is 9.16. The van der Waals surface area contributed by atoms with Gasteiger partial charge in [0.15, 0.2) is 6.29 Å². The summed E-state index contributed by atoms with van der Waals surface area (Å²) < 4.78 is 25.3. The van der Waals surface area contributed by atoms with Crippen molar-refractivity contribution in [2.24, 2.45) is 5.73 Å². The lowest BCUT2D eigenvalue weighted by Crippen LogP contribution is -2.09. The molecule has 1 heterocycles. The Bertz CT molecular complexity index is 357. The maximum absolute atomic E-state index is 12.6. The molecular weight excluding hydrogens is 305 g/mol. The molecule has 0 aliphatic rings. The molecule has 0 aliphatic heterocycles. The minimum Gasteiger partial charge on any atom is -0.326 e. The largest absolute Gasteiger partial charge is 0.326 e. The van der Waals surface area contributed by atoms with Crippen molar-refractivity contribution in [3.63, 3.8) is 0 Å². The SMILES string of the molecule is NCc1c(C=O)cnc(I)c1C(F)F. The zero-order valence-electron chi connectivity index (χ0n) is 7.01. The second kappa shape index (κ2) is 4.74. The summed E-state index contributed by atoms with van der Waals surface area (Å²) >= 11 is 1.69. The third-order valence-electron chi connectivity index (χ3n) is 1.76. The van der Waals surface area contributed by atoms with Crippen LogP contribution in [0.2, 0.25) is 0 Å². The van der Waals surface area contributed by atoms with Crippen molar-refractivity contribution in [1.29, 1.82) is 0 Å². The van der Waals surface area contributed by atoms with Gasteiger partial charge in [-0.2, -0.15) is 0 Å². The van der Waals surface area contributed by atoms with Gasteiger partial charge in [-0.25, -0.2) is 13.8 Å². The molecule has 0 atom stereocenters. The average molecular weight is 312 g/mol. The van der Waals surface area contributed by atoms with Gasteiger partial charge in [0.25, 0.3) is 6.43 Å². The second-order valence-electron chi connectivity index (χ2n) is 2.52. The summed E-state index contributed by atoms with van der Waals surface area (Å²) in [5.74, 6) is 0. The van der Waals surface area contributed by atoms with Crippen LogP contribution >= 0.6 is 22.6 Å². The van der Waals surface area contributed by atoms with Gasteiger partial charge in [-0.15, -0.1) is 0 Å². The molecule has 6 heteroatoms. The quantitative estimate of drug-likeness (QED) is 0.527. The summed E-state index contributed by atoms with van der Waals surface area (Å²) in [6.07, 6.45) is -0.923. The fourth-order valence-corrected chi connectivity index (χ4v) is 1.81. The lowest BCUT2D eigenvalue weighted by molar-refractivity contribution is 0.112. The third kappa shape index (κ3) is 2.06. The monoisotopic (exact) mass is 312 g/mol. The van der Waals surface area contributed by atoms with E-state index in [0.717, 1.165) is 0 Å². The van der Waals surface area contributed by atoms with Crippen LogP contribution in [0.15, 0.2) is 6.20 Å². The maximum Gasteiger partial charge on any atom is 0.266 e. The van der Waals surface area contributed by atoms with Crippen molar-refractivity contribution in [3.05, 3.63) is 26.6 Å². The molecule has 0 amide bonds. The predicted octanol–water partition coefficient (Wildman–Crippen LogP) is 1.90. The summed E-state index contributed by atoms with van der Waals surface area (Å²) in [5.41, 5.74) is 5.38. The maximum atomic E-state index is 12.6. The Morgan fingerprint density at radius 3 is 2.71 bits per heavy atom. The molecular formula is C8H7F2IN2O. The van der Waals surface area contributed by atoms with E-state index < -0.39 is 6.43 Å². The van der Waals surface area contributed by atoms with E-state index in [1.807, 2.05) is 0 Å². The molecule has 0 spiro atoms. The fourth-order valence-electron chi connectivity index (χ4n) is 1.10. The molecule has 1 aromatic heterocycles. The predicted molar refractivity (Wildman–Crippen MR) is 55.2 cm³/mol. The van der Waals surface area contributed by atoms with Gasteiger partial charge < -0.3 is 5.73 Å². The molecule has 0 bridgehead atoms. The Morgan fingerprint density at radius 2 is 2.29 bits per heavy atom. The highest BCUT2D eigenvalue weighted by atomic mass is 127. The van der Waals surface area contributed by atoms with Crippen molar-refractivity contribution in [1.82, 2.24) is 4.98 Å². The third-order valence-corrected chi connectivity index (χ3v) is 2.62. The van der Waals surface area contributed by atoms with Crippen molar-refractivity contribution in [2.75, 3.05) is 0 Å². The van der Waals surface area contributed by atoms with E-state index in [1.54, 1.807) is 22.6 Å². The standard InChI is InChI=1S/C8H7F2IN2O/c9-7(10)6-5(1-12)4(3-14)2-13-8(6)11/h2-3,7H,1,12H2. The number of nitrogens with two attached hydrogens (primary N) is 1. The van der Waals surface area contributed by atoms with Crippen LogP contribution in [0, 0.1) is 3.70 Å². The fraction of sp³-hybridized carbons (Fsp3) is 0.250. The molecule has 0 radical (unpaired) electrons. The first kappa shape index (κ1) is 11.4. The van der Waals surface area contributed by atoms with Crippen LogP contribution in [0.3, 0.4) is 0 Å². The van der Waals surface area contributed by atoms with Crippen LogP contribution in [-0.2, 0) is 6.54 Å². The highest BCUT2D eigenvalue weighted by Crippen LogP contribution is 2.27. The number of rotatable bonds is 3. The van der Waals surface area contributed by atoms with Crippen LogP contribution in [0.4, 0.5) is 8.78 Å². The van der Waals surface area contributed by atoms with Gasteiger partial charge in [-0.05, 0) is 28.2 Å². The van der Waals surface area contributed by atoms with Gasteiger partial charge in [0.05, 0.1) is 5.56 Å². The minimum atomic E-state index is -2.66. The van der Waals surface area contributed by atoms with Gasteiger partial charge in [-0.1, -0.05) is 0 Å². The van der Waals surface area contributed by atoms with E-state index >= 15 is 0 Å². The Hall–Kier alpha value is -0.630. The van der Waals surface area contributed by atoms with E-state index in [1.165, 1.54) is 6.20 Å². The Balaban J connectivity index is 3.42. The first-order chi connectivity index (χ1) is 6.61. The normalized spacial score (nSPS) is 10.6. The van der Waals surface area contributed by atoms with Crippen molar-refractivity contribution in [2.45, 2.75) is 13.0 Å². The molecule has 14 heavy (non-hydrogen) atoms. The number of pyridine rings is 1. The molecule has 1 aromatic rings. The summed E-state index contributed by atoms with van der Waals surface area (Å²) in [4.78, 5) is 14.2. The number of nitrogens with zero attached hydrogens (tertiary/aromatic N) is 1. The molecule has 2 N–H and O–H groups in total. The lowest BCUT2D eigenvalue weighted by Gasteiger charge is -2.10. The van der Waals surface area contributed by atoms with Gasteiger partial charge in [0.2, 0.25) is 0 Å². The van der Waals surface area contributed by atoms with E-state index in [4.69, 9.17) is 5.73 Å². The molecule has 76 valence electrons. The molecule has 0 aromatic carbocycles. The first-order valence-electron chi connectivity index (χ1n) is 3.72. The topological polar surface area (TPSA) is 56.0 Å². The Kier molecular flexibility index (Phi) is 3.87. The van der Waals surface area contributed by atoms with E-state index in [2.05, 4.69) is 4.98 Å². The molecule has 0 unspecified atom stereocenters. The van der Waals surface area contributed by atoms with Crippen LogP contribution in [-0.4, -0.2) is 11.3 Å². The number of alkyl halides is 2. The summed E-state index contributed by atoms with van der Waals surface area (Å²) in [7, 11) is 0. The smallest absolute Gasteiger partial charge is 0.266 e. The number of halogens is 3. The molecule has 0 saturated heterocycles. The van der Waals surface area contributed by atoms with Gasteiger partial charge in [-0.3, -0.25) is 4.79 Å². The number of aromatic nitrogens is 1. The van der Waals surface area contributed by atoms with E-state index in [9.17, 15) is 13.6 Å². The summed E-state index contributed by atoms with van der Waals surface area (Å²) in [5, 5.41) is 0. The summed E-state index contributed by atoms with van der Waals surface area (Å²) in [6.45, 7) is -0.0910. The zero-order chi connectivity index (χ0) is 10.7. The number of hydrogen-bond acceptors (Lipinski definition) is 3. The van der Waals surface area contributed by atoms with Crippen LogP contribution in [0.5, 0.6) is 0 Å². The van der Waals surface area contributed by atoms with E-state index in [0.29, 0.717) is 6.29 Å². The summed E-state index contributed by atoms with van der Waals surface area (Å²) in [6, 6.07) is 0. The van der Waals surface area contributed by atoms with E-state index in [-0.39, 0.29) is 26.9 Å². The molecule has 1 rings (SSSR count). The van der Waals surface area contributed by atoms with Crippen LogP contribution in [0.1, 0.15) is 27.9 Å². The number of carbonyl (C=O) groups is 1. The van der Waals surface area contributed by atoms with Crippen molar-refractivity contribution >= 4 is 28.9 Å². The van der Waals surface area contributed by atoms with Crippen LogP contribution < -0.4 is 5.73 Å². The van der Waals surface area contributed by atoms with Gasteiger partial charge >= 0.3 is 0 Å². The average Bonchev–Trinajstić information content (AvgIpc) is 2.16. The van der Waals surface area contributed by atoms with Crippen molar-refractivity contribution in [3.8, 4) is 0 Å². The molecule has 0 aliphatic carbocycles. The second-order valence-corrected chi connectivity index (χ2v) is 3.54. The minimum absolute atomic E-state index is 0.0910.